The third-order valence-corrected chi connectivity index (χ3v) is 3.74. The van der Waals surface area contributed by atoms with Gasteiger partial charge in [-0.25, -0.2) is 9.37 Å². The predicted octanol–water partition coefficient (Wildman–Crippen LogP) is 3.71. The molecule has 3 nitrogen and oxygen atoms in total. The van der Waals surface area contributed by atoms with Crippen molar-refractivity contribution in [1.29, 1.82) is 0 Å². The number of hydrogen-bond donors (Lipinski definition) is 1. The summed E-state index contributed by atoms with van der Waals surface area (Å²) in [5.74, 6) is 0.178. The van der Waals surface area contributed by atoms with Gasteiger partial charge in [0, 0.05) is 30.4 Å². The summed E-state index contributed by atoms with van der Waals surface area (Å²) in [7, 11) is 0. The predicted molar refractivity (Wildman–Crippen MR) is 79.8 cm³/mol. The second-order valence-electron chi connectivity index (χ2n) is 5.15. The molecule has 110 valence electrons. The Labute approximate surface area is 128 Å². The van der Waals surface area contributed by atoms with E-state index in [1.54, 1.807) is 30.5 Å². The van der Waals surface area contributed by atoms with Crippen LogP contribution in [0.25, 0.3) is 0 Å². The van der Waals surface area contributed by atoms with Crippen molar-refractivity contribution in [3.63, 3.8) is 0 Å². The van der Waals surface area contributed by atoms with Gasteiger partial charge in [-0.15, -0.1) is 0 Å². The van der Waals surface area contributed by atoms with Crippen LogP contribution in [0.5, 0.6) is 5.88 Å². The lowest BCUT2D eigenvalue weighted by atomic mass is 10.2. The van der Waals surface area contributed by atoms with Crippen molar-refractivity contribution in [2.45, 2.75) is 32.0 Å². The molecule has 1 heterocycles. The molecule has 1 N–H and O–H groups in total. The molecule has 0 bridgehead atoms. The molecule has 1 saturated carbocycles. The van der Waals surface area contributed by atoms with Gasteiger partial charge in [-0.2, -0.15) is 0 Å². The maximum atomic E-state index is 13.5. The summed E-state index contributed by atoms with van der Waals surface area (Å²) >= 11 is 6.12. The average Bonchev–Trinajstić information content (AvgIpc) is 3.31. The van der Waals surface area contributed by atoms with Crippen molar-refractivity contribution in [1.82, 2.24) is 10.3 Å². The van der Waals surface area contributed by atoms with Gasteiger partial charge < -0.3 is 10.1 Å². The van der Waals surface area contributed by atoms with Crippen LogP contribution in [0.2, 0.25) is 5.02 Å². The molecule has 1 aromatic heterocycles. The van der Waals surface area contributed by atoms with E-state index in [9.17, 15) is 4.39 Å². The number of nitrogens with zero attached hydrogens (tertiary/aromatic N) is 1. The van der Waals surface area contributed by atoms with E-state index in [1.807, 2.05) is 0 Å². The van der Waals surface area contributed by atoms with Gasteiger partial charge in [0.1, 0.15) is 12.4 Å². The molecule has 0 spiro atoms. The lowest BCUT2D eigenvalue weighted by Gasteiger charge is -2.10. The minimum absolute atomic E-state index is 0.150. The highest BCUT2D eigenvalue weighted by atomic mass is 35.5. The molecule has 21 heavy (non-hydrogen) atoms. The first-order valence-corrected chi connectivity index (χ1v) is 7.34. The van der Waals surface area contributed by atoms with Crippen LogP contribution in [-0.2, 0) is 13.2 Å². The number of pyridine rings is 1. The molecule has 0 amide bonds. The van der Waals surface area contributed by atoms with Crippen LogP contribution in [0.3, 0.4) is 0 Å². The number of hydrogen-bond acceptors (Lipinski definition) is 3. The van der Waals surface area contributed by atoms with E-state index in [2.05, 4.69) is 10.3 Å². The summed E-state index contributed by atoms with van der Waals surface area (Å²) in [4.78, 5) is 4.12. The first-order valence-electron chi connectivity index (χ1n) is 6.96. The van der Waals surface area contributed by atoms with Gasteiger partial charge in [0.2, 0.25) is 5.88 Å². The van der Waals surface area contributed by atoms with Gasteiger partial charge in [0.15, 0.2) is 0 Å². The number of nitrogens with one attached hydrogen (secondary N) is 1. The molecule has 1 fully saturated rings. The third-order valence-electron chi connectivity index (χ3n) is 3.40. The molecular formula is C16H16ClFN2O. The Hall–Kier alpha value is -1.65. The molecule has 0 radical (unpaired) electrons. The van der Waals surface area contributed by atoms with Crippen molar-refractivity contribution in [3.8, 4) is 5.88 Å². The Morgan fingerprint density at radius 3 is 2.86 bits per heavy atom. The van der Waals surface area contributed by atoms with E-state index >= 15 is 0 Å². The molecule has 0 atom stereocenters. The Bertz CT molecular complexity index is 631. The van der Waals surface area contributed by atoms with Gasteiger partial charge in [-0.1, -0.05) is 29.8 Å². The fourth-order valence-electron chi connectivity index (χ4n) is 1.98. The Morgan fingerprint density at radius 1 is 1.29 bits per heavy atom. The minimum Gasteiger partial charge on any atom is -0.473 e. The lowest BCUT2D eigenvalue weighted by molar-refractivity contribution is 0.287. The molecule has 5 heteroatoms. The van der Waals surface area contributed by atoms with Crippen molar-refractivity contribution in [2.24, 2.45) is 0 Å². The van der Waals surface area contributed by atoms with E-state index in [-0.39, 0.29) is 12.4 Å². The summed E-state index contributed by atoms with van der Waals surface area (Å²) in [6, 6.07) is 8.96. The highest BCUT2D eigenvalue weighted by Gasteiger charge is 2.20. The van der Waals surface area contributed by atoms with Crippen LogP contribution < -0.4 is 10.1 Å². The number of aromatic nitrogens is 1. The summed E-state index contributed by atoms with van der Waals surface area (Å²) < 4.78 is 19.1. The molecule has 1 aliphatic carbocycles. The topological polar surface area (TPSA) is 34.1 Å². The quantitative estimate of drug-likeness (QED) is 0.883. The van der Waals surface area contributed by atoms with Crippen LogP contribution in [0, 0.1) is 5.82 Å². The molecule has 1 aliphatic rings. The molecule has 3 rings (SSSR count). The van der Waals surface area contributed by atoms with Crippen LogP contribution >= 0.6 is 11.6 Å². The molecular weight excluding hydrogens is 291 g/mol. The summed E-state index contributed by atoms with van der Waals surface area (Å²) in [6.45, 7) is 0.846. The molecule has 0 aliphatic heterocycles. The van der Waals surface area contributed by atoms with Gasteiger partial charge in [-0.05, 0) is 24.5 Å². The monoisotopic (exact) mass is 306 g/mol. The van der Waals surface area contributed by atoms with E-state index in [0.717, 1.165) is 5.56 Å². The Morgan fingerprint density at radius 2 is 2.10 bits per heavy atom. The fourth-order valence-corrected chi connectivity index (χ4v) is 2.15. The SMILES string of the molecule is Fc1ccccc1COc1cc(CNC2CC2)c(Cl)cn1. The van der Waals surface area contributed by atoms with Crippen LogP contribution in [0.15, 0.2) is 36.5 Å². The van der Waals surface area contributed by atoms with Crippen molar-refractivity contribution < 1.29 is 9.13 Å². The van der Waals surface area contributed by atoms with E-state index in [1.165, 1.54) is 18.9 Å². The standard InChI is InChI=1S/C16H16ClFN2O/c17-14-9-20-16(7-12(14)8-19-13-5-6-13)21-10-11-3-1-2-4-15(11)18/h1-4,7,9,13,19H,5-6,8,10H2. The third kappa shape index (κ3) is 3.93. The lowest BCUT2D eigenvalue weighted by Crippen LogP contribution is -2.15. The number of halogens is 2. The van der Waals surface area contributed by atoms with Gasteiger partial charge in [0.05, 0.1) is 5.02 Å². The van der Waals surface area contributed by atoms with E-state index < -0.39 is 0 Å². The highest BCUT2D eigenvalue weighted by molar-refractivity contribution is 6.31. The average molecular weight is 307 g/mol. The zero-order valence-electron chi connectivity index (χ0n) is 11.5. The molecule has 0 unspecified atom stereocenters. The zero-order chi connectivity index (χ0) is 14.7. The summed E-state index contributed by atoms with van der Waals surface area (Å²) in [5, 5.41) is 4.01. The normalized spacial score (nSPS) is 14.2. The van der Waals surface area contributed by atoms with Crippen molar-refractivity contribution in [3.05, 3.63) is 58.5 Å². The highest BCUT2D eigenvalue weighted by Crippen LogP contribution is 2.23. The Kier molecular flexibility index (Phi) is 4.36. The molecule has 0 saturated heterocycles. The second-order valence-corrected chi connectivity index (χ2v) is 5.56. The van der Waals surface area contributed by atoms with Crippen LogP contribution in [0.4, 0.5) is 4.39 Å². The first kappa shape index (κ1) is 14.3. The number of benzene rings is 1. The second kappa shape index (κ2) is 6.41. The summed E-state index contributed by atoms with van der Waals surface area (Å²) in [5.41, 5.74) is 1.45. The maximum absolute atomic E-state index is 13.5. The Balaban J connectivity index is 1.64. The van der Waals surface area contributed by atoms with Gasteiger partial charge >= 0.3 is 0 Å². The fraction of sp³-hybridized carbons (Fsp3) is 0.312. The molecule has 1 aromatic carbocycles. The van der Waals surface area contributed by atoms with E-state index in [0.29, 0.717) is 29.1 Å². The largest absolute Gasteiger partial charge is 0.473 e. The van der Waals surface area contributed by atoms with Crippen molar-refractivity contribution in [2.75, 3.05) is 0 Å². The first-order chi connectivity index (χ1) is 10.2. The van der Waals surface area contributed by atoms with E-state index in [4.69, 9.17) is 16.3 Å². The van der Waals surface area contributed by atoms with Gasteiger partial charge in [-0.3, -0.25) is 0 Å². The minimum atomic E-state index is -0.276. The smallest absolute Gasteiger partial charge is 0.213 e. The number of ether oxygens (including phenoxy) is 1. The maximum Gasteiger partial charge on any atom is 0.213 e. The van der Waals surface area contributed by atoms with Gasteiger partial charge in [0.25, 0.3) is 0 Å². The number of rotatable bonds is 6. The van der Waals surface area contributed by atoms with Crippen LogP contribution in [-0.4, -0.2) is 11.0 Å². The summed E-state index contributed by atoms with van der Waals surface area (Å²) in [6.07, 6.45) is 4.01. The van der Waals surface area contributed by atoms with Crippen molar-refractivity contribution >= 4 is 11.6 Å². The van der Waals surface area contributed by atoms with Crippen LogP contribution in [0.1, 0.15) is 24.0 Å². The zero-order valence-corrected chi connectivity index (χ0v) is 12.2. The molecule has 2 aromatic rings.